The number of halogens is 1. The first-order chi connectivity index (χ1) is 14.3. The second-order valence-corrected chi connectivity index (χ2v) is 13.3. The molecule has 180 valence electrons. The molecule has 7 nitrogen and oxygen atoms in total. The van der Waals surface area contributed by atoms with E-state index in [9.17, 15) is 24.0 Å². The predicted molar refractivity (Wildman–Crippen MR) is 125 cm³/mol. The number of benzene rings is 1. The number of unbranched alkanes of at least 4 members (excludes halogenated alkanes) is 2. The molecule has 1 aromatic rings. The largest absolute Gasteiger partial charge is 0.374 e. The van der Waals surface area contributed by atoms with E-state index in [2.05, 4.69) is 0 Å². The summed E-state index contributed by atoms with van der Waals surface area (Å²) in [5.74, 6) is 0. The van der Waals surface area contributed by atoms with Crippen LogP contribution in [0.5, 0.6) is 0 Å². The Labute approximate surface area is 191 Å². The van der Waals surface area contributed by atoms with Crippen molar-refractivity contribution in [3.05, 3.63) is 34.3 Å². The molecule has 10 heteroatoms. The zero-order valence-electron chi connectivity index (χ0n) is 19.1. The Morgan fingerprint density at radius 2 is 1.48 bits per heavy atom. The molecule has 0 aliphatic heterocycles. The lowest BCUT2D eigenvalue weighted by molar-refractivity contribution is 0.0963. The number of hydrogen-bond donors (Lipinski definition) is 3. The second kappa shape index (κ2) is 11.8. The highest BCUT2D eigenvalue weighted by atomic mass is 35.5. The van der Waals surface area contributed by atoms with Crippen molar-refractivity contribution in [3.63, 3.8) is 0 Å². The van der Waals surface area contributed by atoms with Crippen molar-refractivity contribution in [1.29, 1.82) is 0 Å². The van der Waals surface area contributed by atoms with E-state index < -0.39 is 26.7 Å². The molecule has 0 amide bonds. The van der Waals surface area contributed by atoms with Gasteiger partial charge in [-0.1, -0.05) is 65.1 Å². The van der Waals surface area contributed by atoms with Crippen molar-refractivity contribution in [1.82, 2.24) is 0 Å². The minimum absolute atomic E-state index is 0.0497. The quantitative estimate of drug-likeness (QED) is 0.206. The fraction of sp³-hybridized carbons (Fsp3) is 0.714. The summed E-state index contributed by atoms with van der Waals surface area (Å²) in [5, 5.41) is 8.57. The fourth-order valence-electron chi connectivity index (χ4n) is 2.88. The maximum Gasteiger partial charge on any atom is 0.374 e. The standard InChI is InChI=1S/C21H37ClO7P2/c1-6-9-11-28-31(27,29-12-10-7-2)21(23,30(24,25)26)16-17-13-18(15-19(22)14-17)20(4,5)8-3/h13-15,23H,6-12,16H2,1-5H3,(H2,24,25,26). The van der Waals surface area contributed by atoms with Gasteiger partial charge in [0.15, 0.2) is 0 Å². The first kappa shape index (κ1) is 28.8. The average molecular weight is 499 g/mol. The Kier molecular flexibility index (Phi) is 10.9. The minimum Gasteiger partial charge on any atom is -0.367 e. The first-order valence-corrected chi connectivity index (χ1v) is 14.3. The van der Waals surface area contributed by atoms with E-state index in [0.717, 1.165) is 12.0 Å². The highest BCUT2D eigenvalue weighted by molar-refractivity contribution is 7.73. The van der Waals surface area contributed by atoms with E-state index in [0.29, 0.717) is 36.3 Å². The Bertz CT molecular complexity index is 795. The lowest BCUT2D eigenvalue weighted by atomic mass is 9.81. The van der Waals surface area contributed by atoms with Crippen LogP contribution in [0.15, 0.2) is 18.2 Å². The predicted octanol–water partition coefficient (Wildman–Crippen LogP) is 6.22. The molecule has 1 unspecified atom stereocenters. The molecule has 0 spiro atoms. The number of rotatable bonds is 14. The molecule has 0 fully saturated rings. The summed E-state index contributed by atoms with van der Waals surface area (Å²) in [6.45, 7) is 9.74. The van der Waals surface area contributed by atoms with Crippen LogP contribution in [0.4, 0.5) is 0 Å². The zero-order chi connectivity index (χ0) is 23.9. The molecular weight excluding hydrogens is 462 g/mol. The van der Waals surface area contributed by atoms with Crippen LogP contribution >= 0.6 is 26.8 Å². The van der Waals surface area contributed by atoms with Crippen molar-refractivity contribution in [2.75, 3.05) is 13.2 Å². The Hall–Kier alpha value is -0.230. The van der Waals surface area contributed by atoms with E-state index in [4.69, 9.17) is 20.6 Å². The third-order valence-corrected chi connectivity index (χ3v) is 10.4. The van der Waals surface area contributed by atoms with Crippen LogP contribution in [-0.4, -0.2) is 33.2 Å². The minimum atomic E-state index is -5.35. The third kappa shape index (κ3) is 7.38. The maximum absolute atomic E-state index is 13.6. The molecular formula is C21H37ClO7P2. The maximum atomic E-state index is 13.6. The highest BCUT2D eigenvalue weighted by Crippen LogP contribution is 2.73. The van der Waals surface area contributed by atoms with Crippen molar-refractivity contribution in [2.45, 2.75) is 83.6 Å². The van der Waals surface area contributed by atoms with Crippen molar-refractivity contribution in [2.24, 2.45) is 0 Å². The van der Waals surface area contributed by atoms with E-state index in [1.807, 2.05) is 34.6 Å². The van der Waals surface area contributed by atoms with E-state index in [1.54, 1.807) is 12.1 Å². The Balaban J connectivity index is 3.49. The van der Waals surface area contributed by atoms with Gasteiger partial charge >= 0.3 is 15.2 Å². The molecule has 0 saturated heterocycles. The van der Waals surface area contributed by atoms with Crippen LogP contribution in [0, 0.1) is 0 Å². The topological polar surface area (TPSA) is 113 Å². The van der Waals surface area contributed by atoms with Gasteiger partial charge in [-0.3, -0.25) is 9.13 Å². The Morgan fingerprint density at radius 3 is 1.90 bits per heavy atom. The lowest BCUT2D eigenvalue weighted by Gasteiger charge is -2.35. The summed E-state index contributed by atoms with van der Waals surface area (Å²) in [6.07, 6.45) is 2.61. The van der Waals surface area contributed by atoms with Crippen LogP contribution in [0.2, 0.25) is 5.02 Å². The normalized spacial score (nSPS) is 15.1. The summed E-state index contributed by atoms with van der Waals surface area (Å²) in [6, 6.07) is 5.00. The van der Waals surface area contributed by atoms with Gasteiger partial charge in [-0.15, -0.1) is 0 Å². The van der Waals surface area contributed by atoms with Gasteiger partial charge in [-0.05, 0) is 47.9 Å². The van der Waals surface area contributed by atoms with Gasteiger partial charge in [0.1, 0.15) is 0 Å². The van der Waals surface area contributed by atoms with Gasteiger partial charge in [0, 0.05) is 11.4 Å². The zero-order valence-corrected chi connectivity index (χ0v) is 21.7. The average Bonchev–Trinajstić information content (AvgIpc) is 2.67. The molecule has 0 aromatic heterocycles. The number of hydrogen-bond acceptors (Lipinski definition) is 5. The molecule has 31 heavy (non-hydrogen) atoms. The van der Waals surface area contributed by atoms with Crippen LogP contribution in [-0.2, 0) is 30.0 Å². The van der Waals surface area contributed by atoms with Gasteiger partial charge in [0.05, 0.1) is 13.2 Å². The van der Waals surface area contributed by atoms with Crippen LogP contribution in [0.25, 0.3) is 0 Å². The smallest absolute Gasteiger partial charge is 0.367 e. The summed E-state index contributed by atoms with van der Waals surface area (Å²) in [5.41, 5.74) is 0.936. The van der Waals surface area contributed by atoms with Gasteiger partial charge < -0.3 is 23.9 Å². The molecule has 0 aliphatic rings. The molecule has 3 N–H and O–H groups in total. The van der Waals surface area contributed by atoms with Gasteiger partial charge in [-0.25, -0.2) is 0 Å². The van der Waals surface area contributed by atoms with E-state index in [-0.39, 0.29) is 18.6 Å². The molecule has 0 saturated carbocycles. The molecule has 0 heterocycles. The van der Waals surface area contributed by atoms with Crippen LogP contribution in [0.3, 0.4) is 0 Å². The van der Waals surface area contributed by atoms with Crippen molar-refractivity contribution in [3.8, 4) is 0 Å². The third-order valence-electron chi connectivity index (χ3n) is 5.49. The summed E-state index contributed by atoms with van der Waals surface area (Å²) in [4.78, 5) is 20.2. The second-order valence-electron chi connectivity index (χ2n) is 8.45. The molecule has 0 aliphatic carbocycles. The first-order valence-electron chi connectivity index (χ1n) is 10.7. The SMILES string of the molecule is CCCCOP(=O)(OCCCC)C(O)(Cc1cc(Cl)cc(C(C)(C)CC)c1)P(=O)(O)O. The number of aliphatic hydroxyl groups is 1. The van der Waals surface area contributed by atoms with E-state index >= 15 is 0 Å². The van der Waals surface area contributed by atoms with Crippen molar-refractivity contribution >= 4 is 26.8 Å². The molecule has 1 rings (SSSR count). The molecule has 0 bridgehead atoms. The summed E-state index contributed by atoms with van der Waals surface area (Å²) < 4.78 is 36.9. The summed E-state index contributed by atoms with van der Waals surface area (Å²) in [7, 11) is -9.97. The van der Waals surface area contributed by atoms with Gasteiger partial charge in [0.25, 0.3) is 5.08 Å². The van der Waals surface area contributed by atoms with Gasteiger partial charge in [-0.2, -0.15) is 0 Å². The lowest BCUT2D eigenvalue weighted by Crippen LogP contribution is -2.34. The monoisotopic (exact) mass is 498 g/mol. The molecule has 1 atom stereocenters. The van der Waals surface area contributed by atoms with E-state index in [1.165, 1.54) is 6.07 Å². The highest BCUT2D eigenvalue weighted by Gasteiger charge is 2.62. The van der Waals surface area contributed by atoms with Gasteiger partial charge in [0.2, 0.25) is 0 Å². The van der Waals surface area contributed by atoms with Crippen molar-refractivity contribution < 1.29 is 33.1 Å². The fourth-order valence-corrected chi connectivity index (χ4v) is 6.75. The van der Waals surface area contributed by atoms with Crippen LogP contribution < -0.4 is 0 Å². The Morgan fingerprint density at radius 1 is 0.968 bits per heavy atom. The molecule has 0 radical (unpaired) electrons. The summed E-state index contributed by atoms with van der Waals surface area (Å²) >= 11 is 6.27. The van der Waals surface area contributed by atoms with Crippen LogP contribution in [0.1, 0.15) is 77.8 Å². The molecule has 1 aromatic carbocycles.